The number of aliphatic hydroxyl groups is 2. The van der Waals surface area contributed by atoms with Gasteiger partial charge in [0.15, 0.2) is 9.84 Å². The number of aliphatic hydroxyl groups excluding tert-OH is 2. The molecule has 0 heterocycles. The molecule has 3 aromatic carbocycles. The third-order valence-corrected chi connectivity index (χ3v) is 7.08. The Hall–Kier alpha value is -2.75. The van der Waals surface area contributed by atoms with Crippen molar-refractivity contribution < 1.29 is 28.5 Å². The lowest BCUT2D eigenvalue weighted by Gasteiger charge is -2.14. The van der Waals surface area contributed by atoms with E-state index in [1.54, 1.807) is 24.3 Å². The molecule has 0 fully saturated rings. The smallest absolute Gasteiger partial charge is 0.175 e. The van der Waals surface area contributed by atoms with Crippen LogP contribution in [0.2, 0.25) is 0 Å². The molecule has 0 amide bonds. The predicted octanol–water partition coefficient (Wildman–Crippen LogP) is 3.30. The average Bonchev–Trinajstić information content (AvgIpc) is 2.86. The highest BCUT2D eigenvalue weighted by atomic mass is 32.2. The molecule has 0 saturated carbocycles. The predicted molar refractivity (Wildman–Crippen MR) is 140 cm³/mol. The van der Waals surface area contributed by atoms with Crippen LogP contribution in [0, 0.1) is 0 Å². The largest absolute Gasteiger partial charge is 0.508 e. The first-order valence-electron chi connectivity index (χ1n) is 12.0. The zero-order chi connectivity index (χ0) is 26.0. The number of aryl methyl sites for hydroxylation is 1. The van der Waals surface area contributed by atoms with Crippen molar-refractivity contribution in [2.75, 3.05) is 26.0 Å². The molecular formula is C28H35NO6S. The summed E-state index contributed by atoms with van der Waals surface area (Å²) in [5.74, 6) is 0.0199. The summed E-state index contributed by atoms with van der Waals surface area (Å²) in [6, 6.07) is 20.0. The van der Waals surface area contributed by atoms with Crippen LogP contribution >= 0.6 is 0 Å². The highest BCUT2D eigenvalue weighted by molar-refractivity contribution is 7.90. The zero-order valence-electron chi connectivity index (χ0n) is 20.6. The van der Waals surface area contributed by atoms with Gasteiger partial charge in [-0.15, -0.1) is 0 Å². The van der Waals surface area contributed by atoms with Crippen LogP contribution in [0.3, 0.4) is 0 Å². The van der Waals surface area contributed by atoms with E-state index in [4.69, 9.17) is 4.74 Å². The molecule has 0 bridgehead atoms. The van der Waals surface area contributed by atoms with Crippen LogP contribution in [0.1, 0.15) is 40.3 Å². The third kappa shape index (κ3) is 8.72. The van der Waals surface area contributed by atoms with Crippen molar-refractivity contribution in [3.63, 3.8) is 0 Å². The van der Waals surface area contributed by atoms with Gasteiger partial charge in [-0.2, -0.15) is 0 Å². The standard InChI is InChI=1S/C28H35NO6S/c1-36(33,34)26-10-7-21(8-11-26)6-3-15-35-20-23-5-2-4-22(16-23)13-14-29-18-28(32)24-9-12-27(31)25(17-24)19-30/h2,4-5,7-12,16-17,28-32H,3,6,13-15,18-20H2,1H3/t28-/m0/s1. The number of benzene rings is 3. The first-order valence-corrected chi connectivity index (χ1v) is 13.9. The van der Waals surface area contributed by atoms with Crippen molar-refractivity contribution in [2.24, 2.45) is 0 Å². The molecule has 1 atom stereocenters. The summed E-state index contributed by atoms with van der Waals surface area (Å²) < 4.78 is 28.9. The summed E-state index contributed by atoms with van der Waals surface area (Å²) in [6.07, 6.45) is 2.97. The lowest BCUT2D eigenvalue weighted by Crippen LogP contribution is -2.23. The van der Waals surface area contributed by atoms with Gasteiger partial charge in [-0.05, 0) is 72.3 Å². The summed E-state index contributed by atoms with van der Waals surface area (Å²) >= 11 is 0. The molecule has 7 nitrogen and oxygen atoms in total. The maximum absolute atomic E-state index is 11.5. The fourth-order valence-corrected chi connectivity index (χ4v) is 4.51. The molecule has 0 aliphatic rings. The second-order valence-corrected chi connectivity index (χ2v) is 10.9. The molecule has 0 aromatic heterocycles. The number of nitrogens with one attached hydrogen (secondary N) is 1. The molecule has 0 radical (unpaired) electrons. The van der Waals surface area contributed by atoms with Gasteiger partial charge >= 0.3 is 0 Å². The van der Waals surface area contributed by atoms with Crippen molar-refractivity contribution in [1.82, 2.24) is 5.32 Å². The lowest BCUT2D eigenvalue weighted by atomic mass is 10.0. The second-order valence-electron chi connectivity index (χ2n) is 8.91. The molecule has 36 heavy (non-hydrogen) atoms. The SMILES string of the molecule is CS(=O)(=O)c1ccc(CCCOCc2cccc(CCNC[C@H](O)c3ccc(O)c(CO)c3)c2)cc1. The Bertz CT molecular complexity index is 1210. The zero-order valence-corrected chi connectivity index (χ0v) is 21.4. The van der Waals surface area contributed by atoms with Gasteiger partial charge in [0.1, 0.15) is 5.75 Å². The Balaban J connectivity index is 1.35. The average molecular weight is 514 g/mol. The van der Waals surface area contributed by atoms with E-state index in [1.165, 1.54) is 17.9 Å². The summed E-state index contributed by atoms with van der Waals surface area (Å²) in [5, 5.41) is 32.5. The van der Waals surface area contributed by atoms with Crippen LogP contribution in [0.5, 0.6) is 5.75 Å². The van der Waals surface area contributed by atoms with E-state index < -0.39 is 15.9 Å². The Kier molecular flexibility index (Phi) is 10.5. The number of phenols is 1. The Morgan fingerprint density at radius 1 is 0.944 bits per heavy atom. The van der Waals surface area contributed by atoms with Crippen molar-refractivity contribution in [1.29, 1.82) is 0 Å². The number of ether oxygens (including phenoxy) is 1. The fraction of sp³-hybridized carbons (Fsp3) is 0.357. The van der Waals surface area contributed by atoms with Crippen LogP contribution in [0.25, 0.3) is 0 Å². The number of hydrogen-bond acceptors (Lipinski definition) is 7. The normalized spacial score (nSPS) is 12.5. The topological polar surface area (TPSA) is 116 Å². The molecule has 0 saturated heterocycles. The van der Waals surface area contributed by atoms with Crippen LogP contribution in [-0.4, -0.2) is 49.7 Å². The summed E-state index contributed by atoms with van der Waals surface area (Å²) in [7, 11) is -3.16. The molecule has 0 unspecified atom stereocenters. The van der Waals surface area contributed by atoms with Crippen molar-refractivity contribution >= 4 is 9.84 Å². The first kappa shape index (κ1) is 27.8. The Morgan fingerprint density at radius 2 is 1.69 bits per heavy atom. The molecular weight excluding hydrogens is 478 g/mol. The van der Waals surface area contributed by atoms with Crippen LogP contribution < -0.4 is 5.32 Å². The highest BCUT2D eigenvalue weighted by Crippen LogP contribution is 2.22. The van der Waals surface area contributed by atoms with Crippen molar-refractivity contribution in [3.05, 3.63) is 94.5 Å². The maximum atomic E-state index is 11.5. The number of hydrogen-bond donors (Lipinski definition) is 4. The number of rotatable bonds is 14. The van der Waals surface area contributed by atoms with Gasteiger partial charge in [-0.1, -0.05) is 42.5 Å². The highest BCUT2D eigenvalue weighted by Gasteiger charge is 2.10. The third-order valence-electron chi connectivity index (χ3n) is 5.95. The number of aromatic hydroxyl groups is 1. The summed E-state index contributed by atoms with van der Waals surface area (Å²) in [5.41, 5.74) is 4.41. The van der Waals surface area contributed by atoms with Crippen molar-refractivity contribution in [2.45, 2.75) is 43.5 Å². The summed E-state index contributed by atoms with van der Waals surface area (Å²) in [6.45, 7) is 1.94. The van der Waals surface area contributed by atoms with E-state index >= 15 is 0 Å². The Morgan fingerprint density at radius 3 is 2.42 bits per heavy atom. The minimum Gasteiger partial charge on any atom is -0.508 e. The van der Waals surface area contributed by atoms with E-state index in [0.717, 1.165) is 30.4 Å². The van der Waals surface area contributed by atoms with Gasteiger partial charge in [0.2, 0.25) is 0 Å². The van der Waals surface area contributed by atoms with E-state index in [-0.39, 0.29) is 12.4 Å². The van der Waals surface area contributed by atoms with Crippen LogP contribution in [-0.2, 0) is 40.6 Å². The van der Waals surface area contributed by atoms with Gasteiger partial charge in [0.05, 0.1) is 24.2 Å². The molecule has 0 spiro atoms. The second kappa shape index (κ2) is 13.5. The molecule has 0 aliphatic heterocycles. The monoisotopic (exact) mass is 513 g/mol. The van der Waals surface area contributed by atoms with E-state index in [0.29, 0.717) is 42.3 Å². The van der Waals surface area contributed by atoms with Gasteiger partial charge in [0, 0.05) is 25.0 Å². The number of sulfone groups is 1. The maximum Gasteiger partial charge on any atom is 0.175 e. The summed E-state index contributed by atoms with van der Waals surface area (Å²) in [4.78, 5) is 0.336. The van der Waals surface area contributed by atoms with Crippen LogP contribution in [0.4, 0.5) is 0 Å². The Labute approximate surface area is 213 Å². The minimum atomic E-state index is -3.16. The van der Waals surface area contributed by atoms with E-state index in [9.17, 15) is 23.7 Å². The minimum absolute atomic E-state index is 0.0199. The fourth-order valence-electron chi connectivity index (χ4n) is 3.88. The lowest BCUT2D eigenvalue weighted by molar-refractivity contribution is 0.118. The van der Waals surface area contributed by atoms with E-state index in [2.05, 4.69) is 17.4 Å². The van der Waals surface area contributed by atoms with Gasteiger partial charge in [-0.3, -0.25) is 0 Å². The van der Waals surface area contributed by atoms with Crippen molar-refractivity contribution in [3.8, 4) is 5.75 Å². The molecule has 3 aromatic rings. The van der Waals surface area contributed by atoms with Crippen LogP contribution in [0.15, 0.2) is 71.6 Å². The first-order chi connectivity index (χ1) is 17.3. The quantitative estimate of drug-likeness (QED) is 0.245. The van der Waals surface area contributed by atoms with Gasteiger partial charge in [-0.25, -0.2) is 8.42 Å². The van der Waals surface area contributed by atoms with Gasteiger partial charge in [0.25, 0.3) is 0 Å². The molecule has 3 rings (SSSR count). The van der Waals surface area contributed by atoms with E-state index in [1.807, 2.05) is 24.3 Å². The molecule has 194 valence electrons. The molecule has 8 heteroatoms. The van der Waals surface area contributed by atoms with Gasteiger partial charge < -0.3 is 25.4 Å². The molecule has 0 aliphatic carbocycles. The molecule has 4 N–H and O–H groups in total.